The summed E-state index contributed by atoms with van der Waals surface area (Å²) in [4.78, 5) is 24.5. The second-order valence-corrected chi connectivity index (χ2v) is 4.26. The van der Waals surface area contributed by atoms with Gasteiger partial charge in [-0.1, -0.05) is 0 Å². The molecule has 19 heavy (non-hydrogen) atoms. The molecule has 2 aromatic carbocycles. The molecule has 0 saturated heterocycles. The summed E-state index contributed by atoms with van der Waals surface area (Å²) in [6.45, 7) is 0. The molecule has 0 aromatic heterocycles. The lowest BCUT2D eigenvalue weighted by atomic mass is 9.84. The Bertz CT molecular complexity index is 719. The van der Waals surface area contributed by atoms with Crippen LogP contribution in [0.2, 0.25) is 0 Å². The van der Waals surface area contributed by atoms with E-state index in [2.05, 4.69) is 0 Å². The number of ketones is 2. The first-order chi connectivity index (χ1) is 9.11. The van der Waals surface area contributed by atoms with E-state index in [0.717, 1.165) is 6.07 Å². The van der Waals surface area contributed by atoms with Crippen molar-refractivity contribution in [3.05, 3.63) is 64.5 Å². The van der Waals surface area contributed by atoms with Crippen LogP contribution in [0.5, 0.6) is 5.75 Å². The molecule has 0 N–H and O–H groups in total. The summed E-state index contributed by atoms with van der Waals surface area (Å²) in [5, 5.41) is 0. The highest BCUT2D eigenvalue weighted by molar-refractivity contribution is 6.28. The molecule has 3 rings (SSSR count). The molecule has 3 nitrogen and oxygen atoms in total. The maximum absolute atomic E-state index is 13.2. The zero-order valence-electron chi connectivity index (χ0n) is 10.1. The fourth-order valence-corrected chi connectivity index (χ4v) is 2.23. The topological polar surface area (TPSA) is 43.4 Å². The van der Waals surface area contributed by atoms with Crippen LogP contribution in [0, 0.1) is 5.82 Å². The lowest BCUT2D eigenvalue weighted by Gasteiger charge is -2.17. The molecular weight excluding hydrogens is 247 g/mol. The van der Waals surface area contributed by atoms with Crippen molar-refractivity contribution in [1.29, 1.82) is 0 Å². The lowest BCUT2D eigenvalue weighted by Crippen LogP contribution is -2.21. The van der Waals surface area contributed by atoms with E-state index in [1.54, 1.807) is 6.07 Å². The van der Waals surface area contributed by atoms with E-state index in [1.165, 1.54) is 31.4 Å². The van der Waals surface area contributed by atoms with Gasteiger partial charge in [-0.05, 0) is 36.4 Å². The van der Waals surface area contributed by atoms with Crippen LogP contribution in [0.4, 0.5) is 4.39 Å². The lowest BCUT2D eigenvalue weighted by molar-refractivity contribution is 0.0978. The number of rotatable bonds is 1. The summed E-state index contributed by atoms with van der Waals surface area (Å²) in [7, 11) is 1.49. The third-order valence-electron chi connectivity index (χ3n) is 3.19. The van der Waals surface area contributed by atoms with E-state index in [0.29, 0.717) is 11.3 Å². The summed E-state index contributed by atoms with van der Waals surface area (Å²) >= 11 is 0. The second kappa shape index (κ2) is 4.02. The molecule has 0 bridgehead atoms. The van der Waals surface area contributed by atoms with E-state index < -0.39 is 5.82 Å². The highest BCUT2D eigenvalue weighted by Gasteiger charge is 2.30. The van der Waals surface area contributed by atoms with Gasteiger partial charge in [0.25, 0.3) is 0 Å². The molecule has 0 radical (unpaired) electrons. The van der Waals surface area contributed by atoms with E-state index in [-0.39, 0.29) is 28.3 Å². The highest BCUT2D eigenvalue weighted by Crippen LogP contribution is 2.30. The van der Waals surface area contributed by atoms with Crippen molar-refractivity contribution >= 4 is 11.6 Å². The fourth-order valence-electron chi connectivity index (χ4n) is 2.23. The van der Waals surface area contributed by atoms with Crippen LogP contribution in [-0.4, -0.2) is 18.7 Å². The highest BCUT2D eigenvalue weighted by atomic mass is 19.1. The van der Waals surface area contributed by atoms with E-state index in [9.17, 15) is 14.0 Å². The molecule has 0 saturated carbocycles. The number of carbonyl (C=O) groups is 2. The Kier molecular flexibility index (Phi) is 2.45. The molecule has 0 unspecified atom stereocenters. The first-order valence-electron chi connectivity index (χ1n) is 5.69. The molecule has 0 atom stereocenters. The fraction of sp³-hybridized carbons (Fsp3) is 0.0667. The first-order valence-corrected chi connectivity index (χ1v) is 5.69. The van der Waals surface area contributed by atoms with Gasteiger partial charge in [0.15, 0.2) is 11.6 Å². The predicted molar refractivity (Wildman–Crippen MR) is 66.3 cm³/mol. The number of hydrogen-bond donors (Lipinski definition) is 0. The maximum atomic E-state index is 13.2. The van der Waals surface area contributed by atoms with Crippen LogP contribution in [0.15, 0.2) is 36.4 Å². The predicted octanol–water partition coefficient (Wildman–Crippen LogP) is 2.61. The molecule has 0 heterocycles. The van der Waals surface area contributed by atoms with Gasteiger partial charge in [0.2, 0.25) is 0 Å². The smallest absolute Gasteiger partial charge is 0.194 e. The van der Waals surface area contributed by atoms with Crippen LogP contribution < -0.4 is 4.74 Å². The number of ether oxygens (including phenoxy) is 1. The molecule has 1 aliphatic carbocycles. The largest absolute Gasteiger partial charge is 0.497 e. The van der Waals surface area contributed by atoms with E-state index in [1.807, 2.05) is 0 Å². The van der Waals surface area contributed by atoms with E-state index >= 15 is 0 Å². The summed E-state index contributed by atoms with van der Waals surface area (Å²) < 4.78 is 18.3. The van der Waals surface area contributed by atoms with Crippen molar-refractivity contribution in [3.8, 4) is 5.75 Å². The van der Waals surface area contributed by atoms with Gasteiger partial charge in [0.1, 0.15) is 11.6 Å². The second-order valence-electron chi connectivity index (χ2n) is 4.26. The molecule has 0 aliphatic heterocycles. The Morgan fingerprint density at radius 1 is 0.842 bits per heavy atom. The number of halogens is 1. The molecule has 0 fully saturated rings. The zero-order valence-corrected chi connectivity index (χ0v) is 10.1. The minimum absolute atomic E-state index is 0.114. The Morgan fingerprint density at radius 2 is 1.42 bits per heavy atom. The number of fused-ring (bicyclic) bond motifs is 2. The molecule has 4 heteroatoms. The SMILES string of the molecule is COc1ccc2c(c1)C(=O)c1ccc(F)cc1C2=O. The van der Waals surface area contributed by atoms with Gasteiger partial charge in [-0.2, -0.15) is 0 Å². The summed E-state index contributed by atoms with van der Waals surface area (Å²) in [6.07, 6.45) is 0. The molecule has 2 aromatic rings. The maximum Gasteiger partial charge on any atom is 0.194 e. The normalized spacial score (nSPS) is 12.9. The van der Waals surface area contributed by atoms with Gasteiger partial charge in [-0.25, -0.2) is 4.39 Å². The third kappa shape index (κ3) is 1.64. The molecular formula is C15H9FO3. The number of methoxy groups -OCH3 is 1. The number of hydrogen-bond acceptors (Lipinski definition) is 3. The zero-order chi connectivity index (χ0) is 13.6. The Balaban J connectivity index is 2.26. The van der Waals surface area contributed by atoms with Crippen LogP contribution >= 0.6 is 0 Å². The summed E-state index contributed by atoms with van der Waals surface area (Å²) in [5.41, 5.74) is 0.919. The molecule has 0 amide bonds. The Morgan fingerprint density at radius 3 is 2.05 bits per heavy atom. The minimum atomic E-state index is -0.531. The molecule has 0 spiro atoms. The molecule has 94 valence electrons. The minimum Gasteiger partial charge on any atom is -0.497 e. The van der Waals surface area contributed by atoms with Crippen LogP contribution in [0.3, 0.4) is 0 Å². The van der Waals surface area contributed by atoms with E-state index in [4.69, 9.17) is 4.74 Å². The third-order valence-corrected chi connectivity index (χ3v) is 3.19. The summed E-state index contributed by atoms with van der Waals surface area (Å²) in [5.74, 6) is -0.655. The van der Waals surface area contributed by atoms with Crippen molar-refractivity contribution in [2.45, 2.75) is 0 Å². The van der Waals surface area contributed by atoms with Gasteiger partial charge in [0.05, 0.1) is 7.11 Å². The Hall–Kier alpha value is -2.49. The van der Waals surface area contributed by atoms with Crippen molar-refractivity contribution in [1.82, 2.24) is 0 Å². The van der Waals surface area contributed by atoms with Crippen LogP contribution in [0.1, 0.15) is 31.8 Å². The van der Waals surface area contributed by atoms with Crippen LogP contribution in [0.25, 0.3) is 0 Å². The monoisotopic (exact) mass is 256 g/mol. The van der Waals surface area contributed by atoms with Gasteiger partial charge in [-0.15, -0.1) is 0 Å². The Labute approximate surface area is 108 Å². The van der Waals surface area contributed by atoms with Gasteiger partial charge < -0.3 is 4.74 Å². The average molecular weight is 256 g/mol. The van der Waals surface area contributed by atoms with Crippen molar-refractivity contribution in [2.24, 2.45) is 0 Å². The van der Waals surface area contributed by atoms with Gasteiger partial charge in [0, 0.05) is 22.3 Å². The quantitative estimate of drug-likeness (QED) is 0.672. The molecule has 1 aliphatic rings. The number of carbonyl (C=O) groups excluding carboxylic acids is 2. The van der Waals surface area contributed by atoms with Gasteiger partial charge in [-0.3, -0.25) is 9.59 Å². The van der Waals surface area contributed by atoms with Crippen molar-refractivity contribution in [2.75, 3.05) is 7.11 Å². The summed E-state index contributed by atoms with van der Waals surface area (Å²) in [6, 6.07) is 8.28. The number of benzene rings is 2. The van der Waals surface area contributed by atoms with Crippen molar-refractivity contribution < 1.29 is 18.7 Å². The van der Waals surface area contributed by atoms with Crippen LogP contribution in [-0.2, 0) is 0 Å². The standard InChI is InChI=1S/C15H9FO3/c1-19-9-3-5-11-13(7-9)15(18)10-4-2-8(16)6-12(10)14(11)17/h2-7H,1H3. The average Bonchev–Trinajstić information content (AvgIpc) is 2.44. The van der Waals surface area contributed by atoms with Gasteiger partial charge >= 0.3 is 0 Å². The first kappa shape index (κ1) is 11.6. The van der Waals surface area contributed by atoms with Crippen molar-refractivity contribution in [3.63, 3.8) is 0 Å².